The Morgan fingerprint density at radius 1 is 1.23 bits per heavy atom. The van der Waals surface area contributed by atoms with Crippen molar-refractivity contribution in [1.82, 2.24) is 9.88 Å². The van der Waals surface area contributed by atoms with Gasteiger partial charge < -0.3 is 9.88 Å². The lowest BCUT2D eigenvalue weighted by Gasteiger charge is -2.06. The number of benzene rings is 1. The van der Waals surface area contributed by atoms with Crippen LogP contribution in [-0.4, -0.2) is 17.0 Å². The van der Waals surface area contributed by atoms with Gasteiger partial charge >= 0.3 is 0 Å². The molecule has 0 atom stereocenters. The van der Waals surface area contributed by atoms with Crippen molar-refractivity contribution in [3.05, 3.63) is 58.7 Å². The molecule has 0 aliphatic heterocycles. The second-order valence-corrected chi connectivity index (χ2v) is 5.69. The van der Waals surface area contributed by atoms with E-state index >= 15 is 0 Å². The van der Waals surface area contributed by atoms with Gasteiger partial charge in [0.25, 0.3) is 0 Å². The Morgan fingerprint density at radius 3 is 2.64 bits per heavy atom. The number of carbonyl (C=O) groups is 1. The first kappa shape index (κ1) is 16.3. The van der Waals surface area contributed by atoms with E-state index in [2.05, 4.69) is 29.8 Å². The van der Waals surface area contributed by atoms with Crippen LogP contribution in [0, 0.1) is 19.7 Å². The molecule has 22 heavy (non-hydrogen) atoms. The van der Waals surface area contributed by atoms with Crippen molar-refractivity contribution in [3.8, 4) is 0 Å². The van der Waals surface area contributed by atoms with Gasteiger partial charge in [0.2, 0.25) is 5.91 Å². The third-order valence-corrected chi connectivity index (χ3v) is 4.13. The Balaban J connectivity index is 1.75. The van der Waals surface area contributed by atoms with Crippen LogP contribution in [0.3, 0.4) is 0 Å². The van der Waals surface area contributed by atoms with Crippen molar-refractivity contribution in [2.24, 2.45) is 7.05 Å². The van der Waals surface area contributed by atoms with E-state index in [4.69, 9.17) is 0 Å². The minimum absolute atomic E-state index is 0.00886. The van der Waals surface area contributed by atoms with Crippen LogP contribution in [0.5, 0.6) is 0 Å². The van der Waals surface area contributed by atoms with Crippen LogP contribution < -0.4 is 5.32 Å². The molecule has 0 saturated heterocycles. The largest absolute Gasteiger partial charge is 0.356 e. The highest BCUT2D eigenvalue weighted by Crippen LogP contribution is 2.13. The number of carbonyl (C=O) groups excluding carboxylic acids is 1. The Bertz CT molecular complexity index is 661. The van der Waals surface area contributed by atoms with Crippen LogP contribution in [0.15, 0.2) is 30.3 Å². The standard InChI is InChI=1S/C18H23FN2O/c1-13-11-16(14(2)21(13)3)9-10-20-18(22)8-7-15-5-4-6-17(19)12-15/h4-6,11-12H,7-10H2,1-3H3,(H,20,22). The number of amides is 1. The van der Waals surface area contributed by atoms with Gasteiger partial charge in [-0.05, 0) is 56.0 Å². The van der Waals surface area contributed by atoms with Crippen molar-refractivity contribution >= 4 is 5.91 Å². The topological polar surface area (TPSA) is 34.0 Å². The fraction of sp³-hybridized carbons (Fsp3) is 0.389. The quantitative estimate of drug-likeness (QED) is 0.874. The van der Waals surface area contributed by atoms with Crippen LogP contribution in [0.1, 0.15) is 28.9 Å². The molecule has 0 aliphatic rings. The zero-order chi connectivity index (χ0) is 16.1. The lowest BCUT2D eigenvalue weighted by molar-refractivity contribution is -0.121. The summed E-state index contributed by atoms with van der Waals surface area (Å²) in [5.41, 5.74) is 4.59. The van der Waals surface area contributed by atoms with Gasteiger partial charge in [-0.1, -0.05) is 12.1 Å². The van der Waals surface area contributed by atoms with E-state index in [-0.39, 0.29) is 11.7 Å². The predicted molar refractivity (Wildman–Crippen MR) is 86.3 cm³/mol. The molecule has 0 radical (unpaired) electrons. The van der Waals surface area contributed by atoms with Gasteiger partial charge in [0.1, 0.15) is 5.82 Å². The molecule has 2 rings (SSSR count). The predicted octanol–water partition coefficient (Wildman–Crippen LogP) is 3.07. The highest BCUT2D eigenvalue weighted by Gasteiger charge is 2.07. The molecular formula is C18H23FN2O. The molecule has 0 aliphatic carbocycles. The molecule has 1 aromatic heterocycles. The third-order valence-electron chi connectivity index (χ3n) is 4.13. The van der Waals surface area contributed by atoms with E-state index in [0.29, 0.717) is 19.4 Å². The molecule has 0 spiro atoms. The molecule has 0 fully saturated rings. The number of rotatable bonds is 6. The van der Waals surface area contributed by atoms with E-state index < -0.39 is 0 Å². The maximum absolute atomic E-state index is 13.1. The van der Waals surface area contributed by atoms with Crippen LogP contribution in [-0.2, 0) is 24.7 Å². The molecule has 118 valence electrons. The zero-order valence-electron chi connectivity index (χ0n) is 13.4. The Hall–Kier alpha value is -2.10. The van der Waals surface area contributed by atoms with Gasteiger partial charge in [-0.15, -0.1) is 0 Å². The number of nitrogens with zero attached hydrogens (tertiary/aromatic N) is 1. The van der Waals surface area contributed by atoms with Gasteiger partial charge in [-0.2, -0.15) is 0 Å². The molecule has 0 bridgehead atoms. The lowest BCUT2D eigenvalue weighted by Crippen LogP contribution is -2.26. The van der Waals surface area contributed by atoms with Crippen molar-refractivity contribution in [2.45, 2.75) is 33.1 Å². The van der Waals surface area contributed by atoms with Gasteiger partial charge in [-0.3, -0.25) is 4.79 Å². The molecular weight excluding hydrogens is 279 g/mol. The summed E-state index contributed by atoms with van der Waals surface area (Å²) in [4.78, 5) is 11.8. The molecule has 1 N–H and O–H groups in total. The monoisotopic (exact) mass is 302 g/mol. The van der Waals surface area contributed by atoms with Gasteiger partial charge in [0.15, 0.2) is 0 Å². The van der Waals surface area contributed by atoms with E-state index in [9.17, 15) is 9.18 Å². The normalized spacial score (nSPS) is 10.7. The third kappa shape index (κ3) is 4.20. The fourth-order valence-corrected chi connectivity index (χ4v) is 2.56. The minimum Gasteiger partial charge on any atom is -0.356 e. The van der Waals surface area contributed by atoms with Crippen molar-refractivity contribution < 1.29 is 9.18 Å². The molecule has 2 aromatic rings. The van der Waals surface area contributed by atoms with Crippen LogP contribution in [0.2, 0.25) is 0 Å². The summed E-state index contributed by atoms with van der Waals surface area (Å²) in [6, 6.07) is 8.56. The fourth-order valence-electron chi connectivity index (χ4n) is 2.56. The van der Waals surface area contributed by atoms with Gasteiger partial charge in [0.05, 0.1) is 0 Å². The van der Waals surface area contributed by atoms with Gasteiger partial charge in [-0.25, -0.2) is 4.39 Å². The summed E-state index contributed by atoms with van der Waals surface area (Å²) in [5, 5.41) is 2.93. The average Bonchev–Trinajstić information content (AvgIpc) is 2.73. The number of nitrogens with one attached hydrogen (secondary N) is 1. The Kier molecular flexibility index (Phi) is 5.36. The molecule has 1 amide bonds. The van der Waals surface area contributed by atoms with Crippen molar-refractivity contribution in [3.63, 3.8) is 0 Å². The second-order valence-electron chi connectivity index (χ2n) is 5.69. The number of hydrogen-bond acceptors (Lipinski definition) is 1. The number of hydrogen-bond donors (Lipinski definition) is 1. The molecule has 4 heteroatoms. The Labute approximate surface area is 131 Å². The molecule has 0 unspecified atom stereocenters. The Morgan fingerprint density at radius 2 is 2.00 bits per heavy atom. The van der Waals surface area contributed by atoms with E-state index in [0.717, 1.165) is 12.0 Å². The maximum atomic E-state index is 13.1. The van der Waals surface area contributed by atoms with Crippen molar-refractivity contribution in [1.29, 1.82) is 0 Å². The molecule has 0 saturated carbocycles. The maximum Gasteiger partial charge on any atom is 0.220 e. The smallest absolute Gasteiger partial charge is 0.220 e. The van der Waals surface area contributed by atoms with E-state index in [1.807, 2.05) is 13.1 Å². The van der Waals surface area contributed by atoms with Crippen LogP contribution in [0.4, 0.5) is 4.39 Å². The number of aromatic nitrogens is 1. The SMILES string of the molecule is Cc1cc(CCNC(=O)CCc2cccc(F)c2)c(C)n1C. The first-order chi connectivity index (χ1) is 10.5. The summed E-state index contributed by atoms with van der Waals surface area (Å²) in [6.45, 7) is 4.80. The first-order valence-electron chi connectivity index (χ1n) is 7.60. The number of halogens is 1. The van der Waals surface area contributed by atoms with Crippen molar-refractivity contribution in [2.75, 3.05) is 6.54 Å². The summed E-state index contributed by atoms with van der Waals surface area (Å²) < 4.78 is 15.2. The molecule has 1 heterocycles. The van der Waals surface area contributed by atoms with Gasteiger partial charge in [0, 0.05) is 31.4 Å². The minimum atomic E-state index is -0.257. The summed E-state index contributed by atoms with van der Waals surface area (Å²) >= 11 is 0. The second kappa shape index (κ2) is 7.25. The average molecular weight is 302 g/mol. The highest BCUT2D eigenvalue weighted by molar-refractivity contribution is 5.76. The highest BCUT2D eigenvalue weighted by atomic mass is 19.1. The van der Waals surface area contributed by atoms with Crippen LogP contribution in [0.25, 0.3) is 0 Å². The van der Waals surface area contributed by atoms with E-state index in [1.54, 1.807) is 6.07 Å². The number of aryl methyl sites for hydroxylation is 2. The summed E-state index contributed by atoms with van der Waals surface area (Å²) in [6.07, 6.45) is 1.78. The summed E-state index contributed by atoms with van der Waals surface area (Å²) in [7, 11) is 2.05. The molecule has 3 nitrogen and oxygen atoms in total. The lowest BCUT2D eigenvalue weighted by atomic mass is 10.1. The zero-order valence-corrected chi connectivity index (χ0v) is 13.4. The summed E-state index contributed by atoms with van der Waals surface area (Å²) in [5.74, 6) is -0.248. The first-order valence-corrected chi connectivity index (χ1v) is 7.60. The van der Waals surface area contributed by atoms with Crippen LogP contribution >= 0.6 is 0 Å². The molecule has 1 aromatic carbocycles. The van der Waals surface area contributed by atoms with E-state index in [1.165, 1.54) is 29.1 Å².